The molecule has 0 aliphatic heterocycles. The van der Waals surface area contributed by atoms with Crippen LogP contribution in [0.15, 0.2) is 25.3 Å². The molecular formula is C15H28ClNO2. The highest BCUT2D eigenvalue weighted by Gasteiger charge is 2.09. The summed E-state index contributed by atoms with van der Waals surface area (Å²) in [5, 5.41) is 10.9. The van der Waals surface area contributed by atoms with Crippen molar-refractivity contribution in [2.45, 2.75) is 39.0 Å². The zero-order valence-corrected chi connectivity index (χ0v) is 12.7. The minimum atomic E-state index is -0.701. The number of aliphatic carboxylic acids is 1. The standard InChI is InChI=1S/C15H27NO2.ClH/c1-4-7-14(8-5-2)9-6-10-16-12-13(3)11-15(17)18;/h4-5,13-14,16H,1-2,6-12H2,3H3,(H,17,18);1H. The Balaban J connectivity index is 0. The van der Waals surface area contributed by atoms with E-state index in [4.69, 9.17) is 5.11 Å². The van der Waals surface area contributed by atoms with Gasteiger partial charge in [-0.3, -0.25) is 4.79 Å². The maximum absolute atomic E-state index is 10.5. The molecule has 4 heteroatoms. The average molecular weight is 290 g/mol. The minimum absolute atomic E-state index is 0. The fourth-order valence-electron chi connectivity index (χ4n) is 2.14. The van der Waals surface area contributed by atoms with E-state index in [1.54, 1.807) is 0 Å². The minimum Gasteiger partial charge on any atom is -1.00 e. The number of quaternary nitrogens is 1. The highest BCUT2D eigenvalue weighted by molar-refractivity contribution is 5.66. The van der Waals surface area contributed by atoms with Gasteiger partial charge in [-0.05, 0) is 31.6 Å². The molecule has 0 amide bonds. The molecule has 0 aliphatic carbocycles. The van der Waals surface area contributed by atoms with E-state index >= 15 is 0 Å². The Morgan fingerprint density at radius 2 is 1.89 bits per heavy atom. The molecule has 3 nitrogen and oxygen atoms in total. The summed E-state index contributed by atoms with van der Waals surface area (Å²) in [6.07, 6.45) is 8.71. The van der Waals surface area contributed by atoms with Crippen LogP contribution < -0.4 is 17.7 Å². The highest BCUT2D eigenvalue weighted by atomic mass is 35.5. The van der Waals surface area contributed by atoms with Crippen LogP contribution in [0.3, 0.4) is 0 Å². The van der Waals surface area contributed by atoms with Gasteiger partial charge in [-0.1, -0.05) is 19.1 Å². The Kier molecular flexibility index (Phi) is 14.7. The molecule has 0 aromatic carbocycles. The van der Waals surface area contributed by atoms with Gasteiger partial charge in [0.25, 0.3) is 0 Å². The van der Waals surface area contributed by atoms with Gasteiger partial charge in [-0.2, -0.15) is 0 Å². The number of allylic oxidation sites excluding steroid dienone is 2. The second-order valence-corrected chi connectivity index (χ2v) is 5.07. The molecule has 19 heavy (non-hydrogen) atoms. The Hall–Kier alpha value is -0.800. The second kappa shape index (κ2) is 13.6. The second-order valence-electron chi connectivity index (χ2n) is 5.07. The van der Waals surface area contributed by atoms with Crippen molar-refractivity contribution in [2.75, 3.05) is 13.1 Å². The van der Waals surface area contributed by atoms with E-state index in [0.717, 1.165) is 25.9 Å². The van der Waals surface area contributed by atoms with Crippen molar-refractivity contribution >= 4 is 5.97 Å². The molecule has 0 aromatic heterocycles. The summed E-state index contributed by atoms with van der Waals surface area (Å²) in [5.74, 6) is 0.220. The lowest BCUT2D eigenvalue weighted by Crippen LogP contribution is -3.00. The van der Waals surface area contributed by atoms with Crippen LogP contribution in [0.2, 0.25) is 0 Å². The third-order valence-electron chi connectivity index (χ3n) is 3.11. The van der Waals surface area contributed by atoms with Gasteiger partial charge < -0.3 is 22.8 Å². The molecule has 0 aliphatic rings. The summed E-state index contributed by atoms with van der Waals surface area (Å²) in [7, 11) is 0. The van der Waals surface area contributed by atoms with Crippen LogP contribution in [-0.4, -0.2) is 24.2 Å². The van der Waals surface area contributed by atoms with E-state index in [0.29, 0.717) is 5.92 Å². The van der Waals surface area contributed by atoms with Crippen molar-refractivity contribution in [3.05, 3.63) is 25.3 Å². The largest absolute Gasteiger partial charge is 1.00 e. The first-order valence-corrected chi connectivity index (χ1v) is 6.85. The van der Waals surface area contributed by atoms with Crippen LogP contribution in [-0.2, 0) is 4.79 Å². The number of carboxylic acid groups (broad SMARTS) is 1. The van der Waals surface area contributed by atoms with Crippen LogP contribution in [0.4, 0.5) is 0 Å². The highest BCUT2D eigenvalue weighted by Crippen LogP contribution is 2.15. The number of nitrogens with two attached hydrogens (primary N) is 1. The van der Waals surface area contributed by atoms with Gasteiger partial charge in [0.05, 0.1) is 19.5 Å². The van der Waals surface area contributed by atoms with Gasteiger partial charge in [0.1, 0.15) is 0 Å². The smallest absolute Gasteiger partial charge is 0.303 e. The predicted molar refractivity (Wildman–Crippen MR) is 75.4 cm³/mol. The number of rotatable bonds is 12. The molecule has 1 atom stereocenters. The lowest BCUT2D eigenvalue weighted by Gasteiger charge is -2.12. The van der Waals surface area contributed by atoms with E-state index in [2.05, 4.69) is 18.5 Å². The summed E-state index contributed by atoms with van der Waals surface area (Å²) in [5.41, 5.74) is 0. The molecule has 0 spiro atoms. The fraction of sp³-hybridized carbons (Fsp3) is 0.667. The number of hydrogen-bond donors (Lipinski definition) is 2. The van der Waals surface area contributed by atoms with E-state index in [-0.39, 0.29) is 24.7 Å². The summed E-state index contributed by atoms with van der Waals surface area (Å²) in [6, 6.07) is 0. The number of hydrogen-bond acceptors (Lipinski definition) is 1. The van der Waals surface area contributed by atoms with Gasteiger partial charge in [0.15, 0.2) is 0 Å². The monoisotopic (exact) mass is 289 g/mol. The topological polar surface area (TPSA) is 53.9 Å². The Morgan fingerprint density at radius 3 is 2.37 bits per heavy atom. The van der Waals surface area contributed by atoms with Gasteiger partial charge in [-0.25, -0.2) is 0 Å². The summed E-state index contributed by atoms with van der Waals surface area (Å²) >= 11 is 0. The first-order chi connectivity index (χ1) is 8.60. The van der Waals surface area contributed by atoms with E-state index in [1.807, 2.05) is 19.1 Å². The molecule has 0 saturated heterocycles. The van der Waals surface area contributed by atoms with E-state index < -0.39 is 5.97 Å². The molecule has 112 valence electrons. The van der Waals surface area contributed by atoms with Crippen molar-refractivity contribution in [2.24, 2.45) is 11.8 Å². The molecule has 0 aromatic rings. The van der Waals surface area contributed by atoms with Crippen LogP contribution in [0.1, 0.15) is 39.0 Å². The van der Waals surface area contributed by atoms with Gasteiger partial charge in [0, 0.05) is 5.92 Å². The lowest BCUT2D eigenvalue weighted by atomic mass is 9.96. The normalized spacial score (nSPS) is 11.7. The van der Waals surface area contributed by atoms with Gasteiger partial charge in [0.2, 0.25) is 0 Å². The number of carboxylic acids is 1. The van der Waals surface area contributed by atoms with Gasteiger partial charge in [-0.15, -0.1) is 13.2 Å². The molecular weight excluding hydrogens is 262 g/mol. The lowest BCUT2D eigenvalue weighted by molar-refractivity contribution is -0.660. The molecule has 0 heterocycles. The Bertz CT molecular complexity index is 247. The van der Waals surface area contributed by atoms with Crippen LogP contribution in [0.25, 0.3) is 0 Å². The molecule has 3 N–H and O–H groups in total. The first kappa shape index (κ1) is 20.5. The van der Waals surface area contributed by atoms with E-state index in [9.17, 15) is 4.79 Å². The number of halogens is 1. The van der Waals surface area contributed by atoms with Crippen molar-refractivity contribution in [3.8, 4) is 0 Å². The molecule has 0 fully saturated rings. The number of carbonyl (C=O) groups is 1. The maximum atomic E-state index is 10.5. The van der Waals surface area contributed by atoms with Crippen molar-refractivity contribution in [3.63, 3.8) is 0 Å². The third-order valence-corrected chi connectivity index (χ3v) is 3.11. The summed E-state index contributed by atoms with van der Waals surface area (Å²) in [4.78, 5) is 10.5. The van der Waals surface area contributed by atoms with Crippen molar-refractivity contribution in [1.82, 2.24) is 0 Å². The maximum Gasteiger partial charge on any atom is 0.303 e. The first-order valence-electron chi connectivity index (χ1n) is 6.85. The molecule has 1 unspecified atom stereocenters. The van der Waals surface area contributed by atoms with Crippen molar-refractivity contribution in [1.29, 1.82) is 0 Å². The SMILES string of the molecule is C=CCC(CC=C)CCC[NH2+]CC(C)CC(=O)O.[Cl-]. The van der Waals surface area contributed by atoms with Crippen LogP contribution >= 0.6 is 0 Å². The fourth-order valence-corrected chi connectivity index (χ4v) is 2.14. The quantitative estimate of drug-likeness (QED) is 0.366. The summed E-state index contributed by atoms with van der Waals surface area (Å²) in [6.45, 7) is 11.5. The third kappa shape index (κ3) is 13.4. The zero-order valence-electron chi connectivity index (χ0n) is 12.0. The van der Waals surface area contributed by atoms with Crippen LogP contribution in [0.5, 0.6) is 0 Å². The average Bonchev–Trinajstić information content (AvgIpc) is 2.28. The van der Waals surface area contributed by atoms with Gasteiger partial charge >= 0.3 is 5.97 Å². The van der Waals surface area contributed by atoms with Crippen LogP contribution in [0, 0.1) is 11.8 Å². The zero-order chi connectivity index (χ0) is 13.8. The van der Waals surface area contributed by atoms with E-state index in [1.165, 1.54) is 12.8 Å². The molecule has 0 saturated carbocycles. The molecule has 0 bridgehead atoms. The Labute approximate surface area is 123 Å². The predicted octanol–water partition coefficient (Wildman–Crippen LogP) is -0.787. The molecule has 0 rings (SSSR count). The van der Waals surface area contributed by atoms with Crippen molar-refractivity contribution < 1.29 is 27.6 Å². The summed E-state index contributed by atoms with van der Waals surface area (Å²) < 4.78 is 0. The Morgan fingerprint density at radius 1 is 1.32 bits per heavy atom. The molecule has 0 radical (unpaired) electrons.